The minimum absolute atomic E-state index is 0.199. The van der Waals surface area contributed by atoms with E-state index in [0.29, 0.717) is 6.54 Å². The van der Waals surface area contributed by atoms with Gasteiger partial charge in [-0.3, -0.25) is 9.69 Å². The first-order chi connectivity index (χ1) is 8.66. The maximum Gasteiger partial charge on any atom is 0.236 e. The molecule has 2 rings (SSSR count). The second-order valence-electron chi connectivity index (χ2n) is 4.52. The molecule has 2 heterocycles. The Balaban J connectivity index is 1.81. The van der Waals surface area contributed by atoms with Crippen molar-refractivity contribution < 1.29 is 4.79 Å². The summed E-state index contributed by atoms with van der Waals surface area (Å²) in [7, 11) is 1.95. The molecule has 1 amide bonds. The zero-order valence-corrected chi connectivity index (χ0v) is 12.1. The molecule has 0 aliphatic carbocycles. The Bertz CT molecular complexity index is 404. The molecule has 0 unspecified atom stereocenters. The van der Waals surface area contributed by atoms with Crippen molar-refractivity contribution in [1.29, 1.82) is 0 Å². The largest absolute Gasteiger partial charge is 0.339 e. The molecule has 1 aromatic heterocycles. The Morgan fingerprint density at radius 3 is 2.89 bits per heavy atom. The van der Waals surface area contributed by atoms with Crippen LogP contribution in [0.15, 0.2) is 11.4 Å². The summed E-state index contributed by atoms with van der Waals surface area (Å²) in [6, 6.07) is 2.01. The zero-order chi connectivity index (χ0) is 13.0. The van der Waals surface area contributed by atoms with Crippen LogP contribution < -0.4 is 5.32 Å². The highest BCUT2D eigenvalue weighted by molar-refractivity contribution is 7.14. The van der Waals surface area contributed by atoms with Gasteiger partial charge in [0.1, 0.15) is 0 Å². The summed E-state index contributed by atoms with van der Waals surface area (Å²) in [5.41, 5.74) is 1.09. The second-order valence-corrected chi connectivity index (χ2v) is 6.04. The average Bonchev–Trinajstić information content (AvgIpc) is 2.76. The molecule has 1 aliphatic rings. The molecule has 0 saturated carbocycles. The van der Waals surface area contributed by atoms with E-state index in [-0.39, 0.29) is 5.91 Å². The summed E-state index contributed by atoms with van der Waals surface area (Å²) >= 11 is 7.59. The summed E-state index contributed by atoms with van der Waals surface area (Å²) in [4.78, 5) is 16.0. The van der Waals surface area contributed by atoms with E-state index in [1.165, 1.54) is 11.3 Å². The number of hydrogen-bond donors (Lipinski definition) is 1. The molecular formula is C12H18ClN3OS. The molecule has 100 valence electrons. The van der Waals surface area contributed by atoms with Crippen molar-refractivity contribution in [1.82, 2.24) is 15.1 Å². The van der Waals surface area contributed by atoms with Gasteiger partial charge in [-0.1, -0.05) is 11.6 Å². The first-order valence-corrected chi connectivity index (χ1v) is 7.31. The van der Waals surface area contributed by atoms with Gasteiger partial charge in [0.25, 0.3) is 0 Å². The average molecular weight is 288 g/mol. The van der Waals surface area contributed by atoms with E-state index in [0.717, 1.165) is 42.6 Å². The molecule has 18 heavy (non-hydrogen) atoms. The highest BCUT2D eigenvalue weighted by Crippen LogP contribution is 2.23. The fraction of sp³-hybridized carbons (Fsp3) is 0.583. The van der Waals surface area contributed by atoms with E-state index < -0.39 is 0 Å². The quantitative estimate of drug-likeness (QED) is 0.906. The number of halogens is 1. The summed E-state index contributed by atoms with van der Waals surface area (Å²) in [5.74, 6) is 0.199. The number of likely N-dealkylation sites (N-methyl/N-ethyl adjacent to an activating group) is 1. The Hall–Kier alpha value is -0.620. The predicted molar refractivity (Wildman–Crippen MR) is 75.1 cm³/mol. The molecule has 6 heteroatoms. The van der Waals surface area contributed by atoms with Gasteiger partial charge in [0.05, 0.1) is 10.9 Å². The van der Waals surface area contributed by atoms with Crippen LogP contribution in [-0.2, 0) is 11.3 Å². The molecule has 0 atom stereocenters. The lowest BCUT2D eigenvalue weighted by Gasteiger charge is -2.29. The SMILES string of the molecule is CN(CC(=O)N1CCNCC1)Cc1ccsc1Cl. The number of amides is 1. The molecule has 0 radical (unpaired) electrons. The zero-order valence-electron chi connectivity index (χ0n) is 10.5. The summed E-state index contributed by atoms with van der Waals surface area (Å²) < 4.78 is 0.816. The molecule has 1 aliphatic heterocycles. The molecule has 0 spiro atoms. The number of rotatable bonds is 4. The number of nitrogens with zero attached hydrogens (tertiary/aromatic N) is 2. The van der Waals surface area contributed by atoms with E-state index >= 15 is 0 Å². The first kappa shape index (κ1) is 13.8. The number of piperazine rings is 1. The number of carbonyl (C=O) groups is 1. The van der Waals surface area contributed by atoms with Crippen LogP contribution in [0.1, 0.15) is 5.56 Å². The van der Waals surface area contributed by atoms with Crippen molar-refractivity contribution in [2.75, 3.05) is 39.8 Å². The van der Waals surface area contributed by atoms with E-state index in [2.05, 4.69) is 5.32 Å². The maximum atomic E-state index is 12.0. The van der Waals surface area contributed by atoms with Gasteiger partial charge in [0, 0.05) is 32.7 Å². The normalized spacial score (nSPS) is 16.3. The van der Waals surface area contributed by atoms with Gasteiger partial charge < -0.3 is 10.2 Å². The molecular weight excluding hydrogens is 270 g/mol. The second kappa shape index (κ2) is 6.52. The molecule has 1 fully saturated rings. The third-order valence-corrected chi connectivity index (χ3v) is 4.26. The Morgan fingerprint density at radius 1 is 1.56 bits per heavy atom. The Labute approximate surface area is 117 Å². The van der Waals surface area contributed by atoms with E-state index in [9.17, 15) is 4.79 Å². The summed E-state index contributed by atoms with van der Waals surface area (Å²) in [6.07, 6.45) is 0. The number of nitrogens with one attached hydrogen (secondary N) is 1. The van der Waals surface area contributed by atoms with Crippen LogP contribution in [0.3, 0.4) is 0 Å². The molecule has 1 aromatic rings. The predicted octanol–water partition coefficient (Wildman–Crippen LogP) is 1.27. The van der Waals surface area contributed by atoms with Gasteiger partial charge in [-0.15, -0.1) is 11.3 Å². The molecule has 0 aromatic carbocycles. The smallest absolute Gasteiger partial charge is 0.236 e. The van der Waals surface area contributed by atoms with Gasteiger partial charge in [0.2, 0.25) is 5.91 Å². The van der Waals surface area contributed by atoms with Crippen LogP contribution in [0.25, 0.3) is 0 Å². The fourth-order valence-corrected chi connectivity index (χ4v) is 2.94. The van der Waals surface area contributed by atoms with Crippen molar-refractivity contribution >= 4 is 28.8 Å². The van der Waals surface area contributed by atoms with Gasteiger partial charge in [0.15, 0.2) is 0 Å². The van der Waals surface area contributed by atoms with Crippen LogP contribution in [-0.4, -0.2) is 55.5 Å². The van der Waals surface area contributed by atoms with Crippen LogP contribution in [0.5, 0.6) is 0 Å². The molecule has 1 saturated heterocycles. The minimum atomic E-state index is 0.199. The van der Waals surface area contributed by atoms with Gasteiger partial charge in [-0.05, 0) is 24.1 Å². The lowest BCUT2D eigenvalue weighted by Crippen LogP contribution is -2.49. The van der Waals surface area contributed by atoms with E-state index in [1.54, 1.807) is 0 Å². The van der Waals surface area contributed by atoms with Crippen molar-refractivity contribution in [3.63, 3.8) is 0 Å². The van der Waals surface area contributed by atoms with Crippen molar-refractivity contribution in [3.8, 4) is 0 Å². The molecule has 4 nitrogen and oxygen atoms in total. The molecule has 1 N–H and O–H groups in total. The Morgan fingerprint density at radius 2 is 2.28 bits per heavy atom. The van der Waals surface area contributed by atoms with Gasteiger partial charge >= 0.3 is 0 Å². The Kier molecular flexibility index (Phi) is 5.00. The van der Waals surface area contributed by atoms with Crippen molar-refractivity contribution in [2.45, 2.75) is 6.54 Å². The van der Waals surface area contributed by atoms with Crippen LogP contribution in [0.2, 0.25) is 4.34 Å². The summed E-state index contributed by atoms with van der Waals surface area (Å²) in [5, 5.41) is 5.22. The number of carbonyl (C=O) groups excluding carboxylic acids is 1. The summed E-state index contributed by atoms with van der Waals surface area (Å²) in [6.45, 7) is 4.59. The number of thiophene rings is 1. The topological polar surface area (TPSA) is 35.6 Å². The lowest BCUT2D eigenvalue weighted by molar-refractivity contribution is -0.132. The van der Waals surface area contributed by atoms with Crippen LogP contribution >= 0.6 is 22.9 Å². The monoisotopic (exact) mass is 287 g/mol. The fourth-order valence-electron chi connectivity index (χ4n) is 2.02. The van der Waals surface area contributed by atoms with E-state index in [1.807, 2.05) is 28.3 Å². The first-order valence-electron chi connectivity index (χ1n) is 6.05. The minimum Gasteiger partial charge on any atom is -0.339 e. The van der Waals surface area contributed by atoms with Gasteiger partial charge in [-0.25, -0.2) is 0 Å². The van der Waals surface area contributed by atoms with Gasteiger partial charge in [-0.2, -0.15) is 0 Å². The third-order valence-electron chi connectivity index (χ3n) is 3.01. The standard InChI is InChI=1S/C12H18ClN3OS/c1-15(8-10-2-7-18-12(10)13)9-11(17)16-5-3-14-4-6-16/h2,7,14H,3-6,8-9H2,1H3. The van der Waals surface area contributed by atoms with E-state index in [4.69, 9.17) is 11.6 Å². The third kappa shape index (κ3) is 3.68. The van der Waals surface area contributed by atoms with Crippen molar-refractivity contribution in [3.05, 3.63) is 21.3 Å². The number of hydrogen-bond acceptors (Lipinski definition) is 4. The van der Waals surface area contributed by atoms with Crippen LogP contribution in [0, 0.1) is 0 Å². The highest BCUT2D eigenvalue weighted by atomic mass is 35.5. The lowest BCUT2D eigenvalue weighted by atomic mass is 10.3. The molecule has 0 bridgehead atoms. The maximum absolute atomic E-state index is 12.0. The van der Waals surface area contributed by atoms with Crippen LogP contribution in [0.4, 0.5) is 0 Å². The van der Waals surface area contributed by atoms with Crippen molar-refractivity contribution in [2.24, 2.45) is 0 Å². The highest BCUT2D eigenvalue weighted by Gasteiger charge is 2.18.